The Morgan fingerprint density at radius 3 is 2.52 bits per heavy atom. The standard InChI is InChI=1S/C15H23NO5/c1-9(4-7-12(17)20-2)14(18)16-11-6-5-10(8-11)13(16)15(19)21-3/h9-11,13H,4-8H2,1-3H3. The van der Waals surface area contributed by atoms with Gasteiger partial charge in [0.25, 0.3) is 0 Å². The number of ether oxygens (including phenoxy) is 2. The maximum absolute atomic E-state index is 12.6. The number of carbonyl (C=O) groups is 3. The first-order valence-corrected chi connectivity index (χ1v) is 7.46. The van der Waals surface area contributed by atoms with Crippen molar-refractivity contribution in [3.63, 3.8) is 0 Å². The fraction of sp³-hybridized carbons (Fsp3) is 0.800. The highest BCUT2D eigenvalue weighted by Crippen LogP contribution is 2.43. The molecule has 6 heteroatoms. The van der Waals surface area contributed by atoms with Crippen LogP contribution >= 0.6 is 0 Å². The Bertz CT molecular complexity index is 436. The number of esters is 2. The average Bonchev–Trinajstić information content (AvgIpc) is 3.11. The van der Waals surface area contributed by atoms with Crippen molar-refractivity contribution in [1.29, 1.82) is 0 Å². The molecular formula is C15H23NO5. The van der Waals surface area contributed by atoms with Crippen LogP contribution in [0.25, 0.3) is 0 Å². The van der Waals surface area contributed by atoms with Crippen LogP contribution in [0.15, 0.2) is 0 Å². The van der Waals surface area contributed by atoms with Crippen LogP contribution in [-0.4, -0.2) is 49.0 Å². The van der Waals surface area contributed by atoms with E-state index in [0.29, 0.717) is 6.42 Å². The van der Waals surface area contributed by atoms with E-state index in [1.807, 2.05) is 0 Å². The Hall–Kier alpha value is -1.59. The van der Waals surface area contributed by atoms with Crippen LogP contribution < -0.4 is 0 Å². The molecule has 1 saturated carbocycles. The zero-order chi connectivity index (χ0) is 15.6. The lowest BCUT2D eigenvalue weighted by Crippen LogP contribution is -2.51. The Kier molecular flexibility index (Phi) is 4.85. The van der Waals surface area contributed by atoms with E-state index < -0.39 is 6.04 Å². The van der Waals surface area contributed by atoms with Crippen LogP contribution in [0.3, 0.4) is 0 Å². The van der Waals surface area contributed by atoms with Gasteiger partial charge in [-0.1, -0.05) is 6.92 Å². The minimum absolute atomic E-state index is 0.0542. The quantitative estimate of drug-likeness (QED) is 0.711. The van der Waals surface area contributed by atoms with Crippen molar-refractivity contribution in [2.24, 2.45) is 11.8 Å². The zero-order valence-corrected chi connectivity index (χ0v) is 12.8. The number of likely N-dealkylation sites (tertiary alicyclic amines) is 1. The summed E-state index contributed by atoms with van der Waals surface area (Å²) in [6.45, 7) is 1.80. The lowest BCUT2D eigenvalue weighted by Gasteiger charge is -2.35. The molecule has 4 unspecified atom stereocenters. The van der Waals surface area contributed by atoms with Gasteiger partial charge in [0.05, 0.1) is 14.2 Å². The second kappa shape index (κ2) is 6.45. The Morgan fingerprint density at radius 1 is 1.19 bits per heavy atom. The molecule has 1 saturated heterocycles. The molecule has 0 radical (unpaired) electrons. The van der Waals surface area contributed by atoms with Crippen molar-refractivity contribution >= 4 is 17.8 Å². The summed E-state index contributed by atoms with van der Waals surface area (Å²) >= 11 is 0. The molecule has 1 heterocycles. The smallest absolute Gasteiger partial charge is 0.328 e. The number of rotatable bonds is 5. The molecule has 21 heavy (non-hydrogen) atoms. The first-order chi connectivity index (χ1) is 9.99. The molecular weight excluding hydrogens is 274 g/mol. The van der Waals surface area contributed by atoms with Crippen molar-refractivity contribution in [3.8, 4) is 0 Å². The Labute approximate surface area is 124 Å². The van der Waals surface area contributed by atoms with E-state index in [0.717, 1.165) is 19.3 Å². The van der Waals surface area contributed by atoms with E-state index >= 15 is 0 Å². The topological polar surface area (TPSA) is 72.9 Å². The number of amides is 1. The lowest BCUT2D eigenvalue weighted by atomic mass is 9.96. The predicted molar refractivity (Wildman–Crippen MR) is 74.2 cm³/mol. The molecule has 2 aliphatic rings. The summed E-state index contributed by atoms with van der Waals surface area (Å²) < 4.78 is 9.45. The van der Waals surface area contributed by atoms with Gasteiger partial charge in [0, 0.05) is 18.4 Å². The van der Waals surface area contributed by atoms with Crippen LogP contribution in [0, 0.1) is 11.8 Å². The molecule has 2 bridgehead atoms. The number of nitrogens with zero attached hydrogens (tertiary/aromatic N) is 1. The summed E-state index contributed by atoms with van der Waals surface area (Å²) in [4.78, 5) is 37.5. The third-order valence-electron chi connectivity index (χ3n) is 4.71. The molecule has 6 nitrogen and oxygen atoms in total. The van der Waals surface area contributed by atoms with Crippen molar-refractivity contribution < 1.29 is 23.9 Å². The van der Waals surface area contributed by atoms with Gasteiger partial charge in [-0.3, -0.25) is 9.59 Å². The monoisotopic (exact) mass is 297 g/mol. The highest BCUT2D eigenvalue weighted by molar-refractivity contribution is 5.87. The zero-order valence-electron chi connectivity index (χ0n) is 12.8. The fourth-order valence-electron chi connectivity index (χ4n) is 3.54. The molecule has 0 N–H and O–H groups in total. The first-order valence-electron chi connectivity index (χ1n) is 7.46. The highest BCUT2D eigenvalue weighted by atomic mass is 16.5. The minimum Gasteiger partial charge on any atom is -0.469 e. The van der Waals surface area contributed by atoms with Gasteiger partial charge < -0.3 is 14.4 Å². The number of hydrogen-bond donors (Lipinski definition) is 0. The molecule has 4 atom stereocenters. The van der Waals surface area contributed by atoms with Crippen LogP contribution in [0.5, 0.6) is 0 Å². The molecule has 0 aromatic heterocycles. The van der Waals surface area contributed by atoms with Gasteiger partial charge in [-0.25, -0.2) is 4.79 Å². The number of fused-ring (bicyclic) bond motifs is 2. The average molecular weight is 297 g/mol. The maximum Gasteiger partial charge on any atom is 0.328 e. The van der Waals surface area contributed by atoms with Gasteiger partial charge in [-0.2, -0.15) is 0 Å². The summed E-state index contributed by atoms with van der Waals surface area (Å²) in [7, 11) is 2.69. The first kappa shape index (κ1) is 15.8. The molecule has 0 aromatic rings. The van der Waals surface area contributed by atoms with Crippen molar-refractivity contribution in [1.82, 2.24) is 4.90 Å². The number of hydrogen-bond acceptors (Lipinski definition) is 5. The second-order valence-corrected chi connectivity index (χ2v) is 5.96. The molecule has 0 aromatic carbocycles. The molecule has 118 valence electrons. The van der Waals surface area contributed by atoms with Gasteiger partial charge in [0.1, 0.15) is 6.04 Å². The van der Waals surface area contributed by atoms with Gasteiger partial charge >= 0.3 is 11.9 Å². The third kappa shape index (κ3) is 3.04. The van der Waals surface area contributed by atoms with Crippen LogP contribution in [-0.2, 0) is 23.9 Å². The summed E-state index contributed by atoms with van der Waals surface area (Å²) in [6, 6.07) is -0.297. The SMILES string of the molecule is COC(=O)CCC(C)C(=O)N1C2CCC(C2)C1C(=O)OC. The van der Waals surface area contributed by atoms with Gasteiger partial charge in [-0.15, -0.1) is 0 Å². The normalized spacial score (nSPS) is 28.3. The van der Waals surface area contributed by atoms with Crippen LogP contribution in [0.4, 0.5) is 0 Å². The van der Waals surface area contributed by atoms with Crippen LogP contribution in [0.1, 0.15) is 39.0 Å². The largest absolute Gasteiger partial charge is 0.469 e. The Balaban J connectivity index is 2.02. The minimum atomic E-state index is -0.443. The molecule has 1 aliphatic carbocycles. The Morgan fingerprint density at radius 2 is 1.90 bits per heavy atom. The summed E-state index contributed by atoms with van der Waals surface area (Å²) in [6.07, 6.45) is 3.47. The maximum atomic E-state index is 12.6. The van der Waals surface area contributed by atoms with Crippen molar-refractivity contribution in [3.05, 3.63) is 0 Å². The van der Waals surface area contributed by atoms with E-state index in [1.54, 1.807) is 11.8 Å². The highest BCUT2D eigenvalue weighted by Gasteiger charge is 2.52. The van der Waals surface area contributed by atoms with E-state index in [9.17, 15) is 14.4 Å². The number of piperidine rings is 1. The molecule has 1 aliphatic heterocycles. The van der Waals surface area contributed by atoms with Crippen molar-refractivity contribution in [2.75, 3.05) is 14.2 Å². The van der Waals surface area contributed by atoms with E-state index in [1.165, 1.54) is 14.2 Å². The third-order valence-corrected chi connectivity index (χ3v) is 4.71. The van der Waals surface area contributed by atoms with Gasteiger partial charge in [0.15, 0.2) is 0 Å². The van der Waals surface area contributed by atoms with Gasteiger partial charge in [-0.05, 0) is 31.6 Å². The molecule has 2 fully saturated rings. The summed E-state index contributed by atoms with van der Waals surface area (Å²) in [5.74, 6) is -0.769. The summed E-state index contributed by atoms with van der Waals surface area (Å²) in [5, 5.41) is 0. The fourth-order valence-corrected chi connectivity index (χ4v) is 3.54. The molecule has 0 spiro atoms. The van der Waals surface area contributed by atoms with E-state index in [-0.39, 0.29) is 42.1 Å². The van der Waals surface area contributed by atoms with E-state index in [2.05, 4.69) is 4.74 Å². The molecule has 2 rings (SSSR count). The van der Waals surface area contributed by atoms with Gasteiger partial charge in [0.2, 0.25) is 5.91 Å². The predicted octanol–water partition coefficient (Wildman–Crippen LogP) is 1.13. The number of methoxy groups -OCH3 is 2. The molecule has 1 amide bonds. The van der Waals surface area contributed by atoms with E-state index in [4.69, 9.17) is 4.74 Å². The summed E-state index contributed by atoms with van der Waals surface area (Å²) in [5.41, 5.74) is 0. The number of carbonyl (C=O) groups excluding carboxylic acids is 3. The van der Waals surface area contributed by atoms with Crippen LogP contribution in [0.2, 0.25) is 0 Å². The lowest BCUT2D eigenvalue weighted by molar-refractivity contribution is -0.156. The second-order valence-electron chi connectivity index (χ2n) is 5.96. The van der Waals surface area contributed by atoms with Crippen molar-refractivity contribution in [2.45, 2.75) is 51.1 Å².